The second kappa shape index (κ2) is 9.44. The molecule has 3 aliphatic rings. The number of aryl methyl sites for hydroxylation is 1. The number of nitrogens with one attached hydrogen (secondary N) is 2. The lowest BCUT2D eigenvalue weighted by Gasteiger charge is -2.29. The van der Waals surface area contributed by atoms with E-state index in [2.05, 4.69) is 21.3 Å². The highest BCUT2D eigenvalue weighted by Gasteiger charge is 2.29. The highest BCUT2D eigenvalue weighted by atomic mass is 19.1. The van der Waals surface area contributed by atoms with Crippen LogP contribution in [0.5, 0.6) is 0 Å². The predicted octanol–water partition coefficient (Wildman–Crippen LogP) is 5.14. The zero-order chi connectivity index (χ0) is 23.8. The molecule has 1 unspecified atom stereocenters. The van der Waals surface area contributed by atoms with Crippen LogP contribution in [0.2, 0.25) is 0 Å². The van der Waals surface area contributed by atoms with Gasteiger partial charge in [-0.15, -0.1) is 0 Å². The van der Waals surface area contributed by atoms with Crippen LogP contribution in [-0.4, -0.2) is 48.6 Å². The number of hydrogen-bond donors (Lipinski definition) is 2. The highest BCUT2D eigenvalue weighted by Crippen LogP contribution is 2.41. The van der Waals surface area contributed by atoms with Crippen LogP contribution in [0, 0.1) is 11.7 Å². The number of rotatable bonds is 5. The second-order valence-corrected chi connectivity index (χ2v) is 9.80. The summed E-state index contributed by atoms with van der Waals surface area (Å²) in [7, 11) is 0. The van der Waals surface area contributed by atoms with Crippen LogP contribution in [0.25, 0.3) is 22.8 Å². The molecule has 180 valence electrons. The van der Waals surface area contributed by atoms with Crippen molar-refractivity contribution >= 4 is 23.2 Å². The fourth-order valence-electron chi connectivity index (χ4n) is 5.69. The van der Waals surface area contributed by atoms with Crippen LogP contribution in [0.15, 0.2) is 48.5 Å². The van der Waals surface area contributed by atoms with Crippen LogP contribution in [0.4, 0.5) is 10.1 Å². The van der Waals surface area contributed by atoms with Crippen molar-refractivity contribution in [1.29, 1.82) is 0 Å². The maximum atomic E-state index is 14.6. The van der Waals surface area contributed by atoms with Gasteiger partial charge in [-0.1, -0.05) is 30.3 Å². The molecule has 2 aromatic carbocycles. The Balaban J connectivity index is 1.25. The minimum atomic E-state index is -0.293. The summed E-state index contributed by atoms with van der Waals surface area (Å²) in [4.78, 5) is 19.0. The molecule has 3 heterocycles. The van der Waals surface area contributed by atoms with Crippen LogP contribution < -0.4 is 5.32 Å². The van der Waals surface area contributed by atoms with E-state index >= 15 is 0 Å². The number of nitrogens with zero attached hydrogens (tertiary/aromatic N) is 1. The lowest BCUT2D eigenvalue weighted by atomic mass is 9.85. The smallest absolute Gasteiger partial charge is 0.256 e. The van der Waals surface area contributed by atoms with Crippen molar-refractivity contribution in [3.05, 3.63) is 76.9 Å². The predicted molar refractivity (Wildman–Crippen MR) is 137 cm³/mol. The molecule has 0 spiro atoms. The molecule has 5 nitrogen and oxygen atoms in total. The van der Waals surface area contributed by atoms with E-state index in [-0.39, 0.29) is 11.7 Å². The molecule has 1 fully saturated rings. The van der Waals surface area contributed by atoms with E-state index in [4.69, 9.17) is 4.74 Å². The minimum Gasteiger partial charge on any atom is -0.379 e. The van der Waals surface area contributed by atoms with Crippen LogP contribution in [0.3, 0.4) is 0 Å². The number of aromatic amines is 1. The molecule has 0 bridgehead atoms. The maximum Gasteiger partial charge on any atom is 0.256 e. The van der Waals surface area contributed by atoms with Crippen molar-refractivity contribution in [3.63, 3.8) is 0 Å². The van der Waals surface area contributed by atoms with Gasteiger partial charge in [-0.05, 0) is 73.5 Å². The average molecular weight is 472 g/mol. The summed E-state index contributed by atoms with van der Waals surface area (Å²) in [6, 6.07) is 14.5. The lowest BCUT2D eigenvalue weighted by molar-refractivity contribution is -0.110. The molecule has 35 heavy (non-hydrogen) atoms. The van der Waals surface area contributed by atoms with Crippen molar-refractivity contribution in [3.8, 4) is 11.1 Å². The number of aromatic nitrogens is 1. The van der Waals surface area contributed by atoms with E-state index < -0.39 is 0 Å². The number of halogens is 1. The topological polar surface area (TPSA) is 57.4 Å². The Hall–Kier alpha value is -3.22. The Morgan fingerprint density at radius 2 is 1.91 bits per heavy atom. The van der Waals surface area contributed by atoms with Gasteiger partial charge in [0.25, 0.3) is 5.91 Å². The molecule has 1 aliphatic carbocycles. The first-order valence-electron chi connectivity index (χ1n) is 12.6. The van der Waals surface area contributed by atoms with Crippen LogP contribution in [0.1, 0.15) is 35.4 Å². The van der Waals surface area contributed by atoms with Gasteiger partial charge >= 0.3 is 0 Å². The third kappa shape index (κ3) is 4.44. The van der Waals surface area contributed by atoms with E-state index in [1.807, 2.05) is 30.3 Å². The molecule has 2 N–H and O–H groups in total. The van der Waals surface area contributed by atoms with E-state index in [0.29, 0.717) is 17.1 Å². The van der Waals surface area contributed by atoms with Gasteiger partial charge in [0.15, 0.2) is 0 Å². The van der Waals surface area contributed by atoms with E-state index in [1.165, 1.54) is 30.2 Å². The van der Waals surface area contributed by atoms with Gasteiger partial charge < -0.3 is 15.0 Å². The van der Waals surface area contributed by atoms with Gasteiger partial charge in [-0.25, -0.2) is 4.39 Å². The first kappa shape index (κ1) is 22.3. The molecule has 3 aromatic rings. The first-order chi connectivity index (χ1) is 17.2. The van der Waals surface area contributed by atoms with Gasteiger partial charge in [-0.2, -0.15) is 0 Å². The van der Waals surface area contributed by atoms with Crippen molar-refractivity contribution in [2.45, 2.75) is 25.7 Å². The molecule has 6 rings (SSSR count). The lowest BCUT2D eigenvalue weighted by Crippen LogP contribution is -2.37. The molecule has 2 aliphatic heterocycles. The molecule has 0 saturated carbocycles. The number of carbonyl (C=O) groups excluding carboxylic acids is 1. The fraction of sp³-hybridized carbons (Fsp3) is 0.345. The molecule has 1 saturated heterocycles. The van der Waals surface area contributed by atoms with Crippen LogP contribution in [-0.2, 0) is 22.4 Å². The number of amides is 1. The maximum absolute atomic E-state index is 14.6. The number of morpholine rings is 1. The summed E-state index contributed by atoms with van der Waals surface area (Å²) in [5.41, 5.74) is 6.86. The standard InChI is InChI=1S/C29H30FN3O2/c30-25-6-2-1-4-22(25)23-5-3-7-27-28(23)24(29(34)32-27)18-21-17-20-16-19(8-9-26(20)31-21)10-11-33-12-14-35-15-13-33/h1-7,17-19,31H,8-16H2,(H,32,34)/b24-18-. The van der Waals surface area contributed by atoms with Crippen molar-refractivity contribution in [2.24, 2.45) is 5.92 Å². The van der Waals surface area contributed by atoms with Crippen molar-refractivity contribution in [1.82, 2.24) is 9.88 Å². The van der Waals surface area contributed by atoms with Crippen LogP contribution >= 0.6 is 0 Å². The summed E-state index contributed by atoms with van der Waals surface area (Å²) in [5.74, 6) is 0.239. The summed E-state index contributed by atoms with van der Waals surface area (Å²) >= 11 is 0. The second-order valence-electron chi connectivity index (χ2n) is 9.80. The zero-order valence-electron chi connectivity index (χ0n) is 19.8. The Bertz CT molecular complexity index is 1290. The normalized spacial score (nSPS) is 21.1. The average Bonchev–Trinajstić information content (AvgIpc) is 3.43. The van der Waals surface area contributed by atoms with Gasteiger partial charge in [0.05, 0.1) is 18.8 Å². The van der Waals surface area contributed by atoms with Crippen molar-refractivity contribution in [2.75, 3.05) is 38.2 Å². The summed E-state index contributed by atoms with van der Waals surface area (Å²) in [6.45, 7) is 4.91. The Labute approximate surface area is 205 Å². The quantitative estimate of drug-likeness (QED) is 0.507. The van der Waals surface area contributed by atoms with Crippen molar-refractivity contribution < 1.29 is 13.9 Å². The highest BCUT2D eigenvalue weighted by molar-refractivity contribution is 6.36. The molecule has 1 aromatic heterocycles. The van der Waals surface area contributed by atoms with Gasteiger partial charge in [0, 0.05) is 41.3 Å². The SMILES string of the molecule is O=C1Nc2cccc(-c3ccccc3F)c2/C1=C/c1cc2c([nH]1)CCC(CCN1CCOCC1)C2. The molecule has 0 radical (unpaired) electrons. The largest absolute Gasteiger partial charge is 0.379 e. The molecule has 1 amide bonds. The number of fused-ring (bicyclic) bond motifs is 2. The number of anilines is 1. The molecule has 6 heteroatoms. The Morgan fingerprint density at radius 3 is 2.77 bits per heavy atom. The minimum absolute atomic E-state index is 0.153. The summed E-state index contributed by atoms with van der Waals surface area (Å²) < 4.78 is 20.1. The molecular formula is C29H30FN3O2. The zero-order valence-corrected chi connectivity index (χ0v) is 19.8. The third-order valence-corrected chi connectivity index (χ3v) is 7.57. The Morgan fingerprint density at radius 1 is 1.09 bits per heavy atom. The molecular weight excluding hydrogens is 441 g/mol. The van der Waals surface area contributed by atoms with Gasteiger partial charge in [0.2, 0.25) is 0 Å². The van der Waals surface area contributed by atoms with E-state index in [0.717, 1.165) is 68.2 Å². The Kier molecular flexibility index (Phi) is 6.00. The van der Waals surface area contributed by atoms with E-state index in [9.17, 15) is 9.18 Å². The van der Waals surface area contributed by atoms with E-state index in [1.54, 1.807) is 12.1 Å². The fourth-order valence-corrected chi connectivity index (χ4v) is 5.69. The monoisotopic (exact) mass is 471 g/mol. The molecule has 1 atom stereocenters. The summed E-state index contributed by atoms with van der Waals surface area (Å²) in [6.07, 6.45) is 6.43. The van der Waals surface area contributed by atoms with Gasteiger partial charge in [-0.3, -0.25) is 9.69 Å². The number of hydrogen-bond acceptors (Lipinski definition) is 3. The van der Waals surface area contributed by atoms with Gasteiger partial charge in [0.1, 0.15) is 5.82 Å². The third-order valence-electron chi connectivity index (χ3n) is 7.57. The summed E-state index contributed by atoms with van der Waals surface area (Å²) in [5, 5.41) is 2.96. The number of benzene rings is 2. The first-order valence-corrected chi connectivity index (χ1v) is 12.6. The number of H-pyrrole nitrogens is 1. The number of carbonyl (C=O) groups is 1. The number of ether oxygens (including phenoxy) is 1.